The molecular formula is C15H12F2O3S. The average molecular weight is 310 g/mol. The van der Waals surface area contributed by atoms with Gasteiger partial charge >= 0.3 is 0 Å². The number of benzene rings is 2. The zero-order valence-corrected chi connectivity index (χ0v) is 12.0. The molecule has 0 aliphatic carbocycles. The molecule has 0 aliphatic rings. The third kappa shape index (κ3) is 3.33. The van der Waals surface area contributed by atoms with Gasteiger partial charge in [-0.3, -0.25) is 4.79 Å². The van der Waals surface area contributed by atoms with Gasteiger partial charge in [0, 0.05) is 5.56 Å². The zero-order valence-electron chi connectivity index (χ0n) is 11.1. The van der Waals surface area contributed by atoms with Gasteiger partial charge in [-0.25, -0.2) is 17.2 Å². The second-order valence-corrected chi connectivity index (χ2v) is 6.56. The molecule has 0 N–H and O–H groups in total. The SMILES string of the molecule is Cc1ccccc1C(=O)CS(=O)(=O)c1ccc(F)c(F)c1. The molecule has 2 aromatic rings. The van der Waals surface area contributed by atoms with E-state index < -0.39 is 37.9 Å². The van der Waals surface area contributed by atoms with Crippen molar-refractivity contribution in [2.24, 2.45) is 0 Å². The predicted octanol–water partition coefficient (Wildman–Crippen LogP) is 2.93. The van der Waals surface area contributed by atoms with E-state index >= 15 is 0 Å². The van der Waals surface area contributed by atoms with E-state index in [0.717, 1.165) is 12.1 Å². The van der Waals surface area contributed by atoms with Gasteiger partial charge in [0.05, 0.1) is 4.90 Å². The number of aryl methyl sites for hydroxylation is 1. The van der Waals surface area contributed by atoms with Crippen molar-refractivity contribution in [3.8, 4) is 0 Å². The first-order valence-corrected chi connectivity index (χ1v) is 7.73. The molecule has 2 rings (SSSR count). The van der Waals surface area contributed by atoms with Crippen LogP contribution >= 0.6 is 0 Å². The summed E-state index contributed by atoms with van der Waals surface area (Å²) in [4.78, 5) is 11.6. The maximum atomic E-state index is 13.1. The average Bonchev–Trinajstić information content (AvgIpc) is 2.41. The molecule has 0 amide bonds. The number of carbonyl (C=O) groups is 1. The quantitative estimate of drug-likeness (QED) is 0.644. The molecule has 6 heteroatoms. The summed E-state index contributed by atoms with van der Waals surface area (Å²) in [6, 6.07) is 8.82. The largest absolute Gasteiger partial charge is 0.293 e. The molecule has 21 heavy (non-hydrogen) atoms. The summed E-state index contributed by atoms with van der Waals surface area (Å²) < 4.78 is 50.1. The molecule has 3 nitrogen and oxygen atoms in total. The van der Waals surface area contributed by atoms with Gasteiger partial charge in [-0.15, -0.1) is 0 Å². The first kappa shape index (κ1) is 15.3. The Labute approximate surface area is 121 Å². The number of halogens is 2. The molecule has 0 aliphatic heterocycles. The van der Waals surface area contributed by atoms with Gasteiger partial charge in [0.15, 0.2) is 27.3 Å². The van der Waals surface area contributed by atoms with E-state index in [9.17, 15) is 22.0 Å². The molecule has 0 saturated heterocycles. The Hall–Kier alpha value is -2.08. The first-order valence-electron chi connectivity index (χ1n) is 6.08. The number of hydrogen-bond acceptors (Lipinski definition) is 3. The minimum atomic E-state index is -4.02. The lowest BCUT2D eigenvalue weighted by Crippen LogP contribution is -2.17. The van der Waals surface area contributed by atoms with Crippen LogP contribution in [0.4, 0.5) is 8.78 Å². The third-order valence-electron chi connectivity index (χ3n) is 3.02. The van der Waals surface area contributed by atoms with Gasteiger partial charge in [0.25, 0.3) is 0 Å². The normalized spacial score (nSPS) is 11.4. The summed E-state index contributed by atoms with van der Waals surface area (Å²) in [7, 11) is -4.02. The smallest absolute Gasteiger partial charge is 0.185 e. The molecule has 110 valence electrons. The van der Waals surface area contributed by atoms with Crippen LogP contribution in [0.25, 0.3) is 0 Å². The minimum Gasteiger partial charge on any atom is -0.293 e. The molecule has 0 radical (unpaired) electrons. The molecule has 0 bridgehead atoms. The van der Waals surface area contributed by atoms with Crippen molar-refractivity contribution in [1.29, 1.82) is 0 Å². The van der Waals surface area contributed by atoms with Gasteiger partial charge in [-0.05, 0) is 30.7 Å². The fourth-order valence-corrected chi connectivity index (χ4v) is 3.12. The van der Waals surface area contributed by atoms with E-state index in [-0.39, 0.29) is 0 Å². The van der Waals surface area contributed by atoms with Crippen LogP contribution in [-0.4, -0.2) is 20.0 Å². The second-order valence-electron chi connectivity index (χ2n) is 4.57. The molecule has 2 aromatic carbocycles. The highest BCUT2D eigenvalue weighted by Crippen LogP contribution is 2.17. The van der Waals surface area contributed by atoms with Gasteiger partial charge in [0.1, 0.15) is 5.75 Å². The van der Waals surface area contributed by atoms with E-state index in [4.69, 9.17) is 0 Å². The highest BCUT2D eigenvalue weighted by atomic mass is 32.2. The van der Waals surface area contributed by atoms with Crippen molar-refractivity contribution < 1.29 is 22.0 Å². The van der Waals surface area contributed by atoms with E-state index in [2.05, 4.69) is 0 Å². The van der Waals surface area contributed by atoms with Gasteiger partial charge in [-0.1, -0.05) is 24.3 Å². The van der Waals surface area contributed by atoms with Crippen LogP contribution < -0.4 is 0 Å². The van der Waals surface area contributed by atoms with Gasteiger partial charge in [-0.2, -0.15) is 0 Å². The van der Waals surface area contributed by atoms with E-state index in [1.54, 1.807) is 25.1 Å². The standard InChI is InChI=1S/C15H12F2O3S/c1-10-4-2-3-5-12(10)15(18)9-21(19,20)11-6-7-13(16)14(17)8-11/h2-8H,9H2,1H3. The summed E-state index contributed by atoms with van der Waals surface area (Å²) in [5.74, 6) is -3.78. The molecule has 0 spiro atoms. The number of sulfone groups is 1. The number of hydrogen-bond donors (Lipinski definition) is 0. The summed E-state index contributed by atoms with van der Waals surface area (Å²) >= 11 is 0. The van der Waals surface area contributed by atoms with Crippen LogP contribution in [-0.2, 0) is 9.84 Å². The lowest BCUT2D eigenvalue weighted by atomic mass is 10.1. The van der Waals surface area contributed by atoms with E-state index in [1.165, 1.54) is 6.07 Å². The van der Waals surface area contributed by atoms with Crippen molar-refractivity contribution in [1.82, 2.24) is 0 Å². The summed E-state index contributed by atoms with van der Waals surface area (Å²) in [5, 5.41) is 0. The van der Waals surface area contributed by atoms with Crippen molar-refractivity contribution >= 4 is 15.6 Å². The Morgan fingerprint density at radius 1 is 1.05 bits per heavy atom. The topological polar surface area (TPSA) is 51.2 Å². The zero-order chi connectivity index (χ0) is 15.6. The number of Topliss-reactive ketones (excluding diaryl/α,β-unsaturated/α-hetero) is 1. The first-order chi connectivity index (χ1) is 9.81. The van der Waals surface area contributed by atoms with Gasteiger partial charge < -0.3 is 0 Å². The van der Waals surface area contributed by atoms with Crippen molar-refractivity contribution in [2.45, 2.75) is 11.8 Å². The fourth-order valence-electron chi connectivity index (χ4n) is 1.89. The third-order valence-corrected chi connectivity index (χ3v) is 4.63. The maximum absolute atomic E-state index is 13.1. The van der Waals surface area contributed by atoms with Crippen LogP contribution in [0.1, 0.15) is 15.9 Å². The Kier molecular flexibility index (Phi) is 4.18. The van der Waals surface area contributed by atoms with Crippen molar-refractivity contribution in [3.05, 3.63) is 65.2 Å². The lowest BCUT2D eigenvalue weighted by Gasteiger charge is -2.06. The van der Waals surface area contributed by atoms with E-state index in [1.807, 2.05) is 0 Å². The van der Waals surface area contributed by atoms with Crippen LogP contribution in [0.2, 0.25) is 0 Å². The second kappa shape index (κ2) is 5.73. The monoisotopic (exact) mass is 310 g/mol. The number of carbonyl (C=O) groups excluding carboxylic acids is 1. The summed E-state index contributed by atoms with van der Waals surface area (Å²) in [6.45, 7) is 1.69. The van der Waals surface area contributed by atoms with Crippen molar-refractivity contribution in [3.63, 3.8) is 0 Å². The van der Waals surface area contributed by atoms with Crippen LogP contribution in [0, 0.1) is 18.6 Å². The lowest BCUT2D eigenvalue weighted by molar-refractivity contribution is 0.102. The predicted molar refractivity (Wildman–Crippen MR) is 73.9 cm³/mol. The number of rotatable bonds is 4. The molecule has 0 fully saturated rings. The number of ketones is 1. The molecule has 0 heterocycles. The molecule has 0 saturated carbocycles. The molecule has 0 atom stereocenters. The van der Waals surface area contributed by atoms with Crippen LogP contribution in [0.15, 0.2) is 47.4 Å². The molecular weight excluding hydrogens is 298 g/mol. The fraction of sp³-hybridized carbons (Fsp3) is 0.133. The Morgan fingerprint density at radius 3 is 2.33 bits per heavy atom. The summed E-state index contributed by atoms with van der Waals surface area (Å²) in [6.07, 6.45) is 0. The maximum Gasteiger partial charge on any atom is 0.185 e. The minimum absolute atomic E-state index is 0.295. The van der Waals surface area contributed by atoms with Gasteiger partial charge in [0.2, 0.25) is 0 Å². The Morgan fingerprint density at radius 2 is 1.71 bits per heavy atom. The molecule has 0 aromatic heterocycles. The highest BCUT2D eigenvalue weighted by molar-refractivity contribution is 7.92. The van der Waals surface area contributed by atoms with E-state index in [0.29, 0.717) is 17.2 Å². The van der Waals surface area contributed by atoms with Crippen LogP contribution in [0.5, 0.6) is 0 Å². The van der Waals surface area contributed by atoms with Crippen molar-refractivity contribution in [2.75, 3.05) is 5.75 Å². The molecule has 0 unspecified atom stereocenters. The Bertz CT molecular complexity index is 798. The van der Waals surface area contributed by atoms with Crippen LogP contribution in [0.3, 0.4) is 0 Å². The highest BCUT2D eigenvalue weighted by Gasteiger charge is 2.22. The summed E-state index contributed by atoms with van der Waals surface area (Å²) in [5.41, 5.74) is 0.951. The Balaban J connectivity index is 2.31.